The van der Waals surface area contributed by atoms with Crippen LogP contribution in [0.1, 0.15) is 57.3 Å². The van der Waals surface area contributed by atoms with Gasteiger partial charge in [-0.05, 0) is 0 Å². The van der Waals surface area contributed by atoms with E-state index in [-0.39, 0.29) is 24.8 Å². The Balaban J connectivity index is 0.00000140. The zero-order valence-corrected chi connectivity index (χ0v) is 21.6. The van der Waals surface area contributed by atoms with E-state index in [1.54, 1.807) is 17.6 Å². The molecule has 0 N–H and O–H groups in total. The molecule has 146 valence electrons. The van der Waals surface area contributed by atoms with Crippen molar-refractivity contribution in [2.45, 2.75) is 51.6 Å². The molecule has 0 aliphatic heterocycles. The third kappa shape index (κ3) is 3.83. The molecule has 0 saturated heterocycles. The Morgan fingerprint density at radius 3 is 1.64 bits per heavy atom. The van der Waals surface area contributed by atoms with E-state index >= 15 is 0 Å². The third-order valence-electron chi connectivity index (χ3n) is 6.19. The summed E-state index contributed by atoms with van der Waals surface area (Å²) >= 11 is -1.96. The fraction of sp³-hybridized carbons (Fsp3) is 0.320. The van der Waals surface area contributed by atoms with Gasteiger partial charge in [-0.3, -0.25) is 0 Å². The van der Waals surface area contributed by atoms with Crippen molar-refractivity contribution in [3.05, 3.63) is 79.2 Å². The van der Waals surface area contributed by atoms with Crippen molar-refractivity contribution in [1.82, 2.24) is 0 Å². The zero-order valence-electron chi connectivity index (χ0n) is 17.6. The van der Waals surface area contributed by atoms with Crippen LogP contribution in [0.5, 0.6) is 0 Å². The van der Waals surface area contributed by atoms with Crippen LogP contribution >= 0.6 is 0 Å². The van der Waals surface area contributed by atoms with Crippen molar-refractivity contribution in [1.29, 1.82) is 0 Å². The molecule has 0 heterocycles. The molecule has 2 aliphatic rings. The molecule has 2 aliphatic carbocycles. The topological polar surface area (TPSA) is 0 Å². The van der Waals surface area contributed by atoms with Gasteiger partial charge in [0.05, 0.1) is 0 Å². The van der Waals surface area contributed by atoms with Gasteiger partial charge in [0, 0.05) is 0 Å². The van der Waals surface area contributed by atoms with Crippen molar-refractivity contribution < 1.29 is 46.1 Å². The first-order chi connectivity index (χ1) is 12.4. The van der Waals surface area contributed by atoms with E-state index in [0.29, 0.717) is 3.63 Å². The molecule has 0 bridgehead atoms. The van der Waals surface area contributed by atoms with Crippen LogP contribution in [0.2, 0.25) is 0 Å². The molecule has 0 atom stereocenters. The summed E-state index contributed by atoms with van der Waals surface area (Å²) < 4.78 is 4.10. The van der Waals surface area contributed by atoms with Gasteiger partial charge in [0.2, 0.25) is 0 Å². The minimum Gasteiger partial charge on any atom is -1.00 e. The van der Waals surface area contributed by atoms with Gasteiger partial charge in [0.15, 0.2) is 0 Å². The van der Waals surface area contributed by atoms with E-state index in [9.17, 15) is 0 Å². The number of hydrogen-bond acceptors (Lipinski definition) is 0. The Labute approximate surface area is 190 Å². The van der Waals surface area contributed by atoms with Crippen LogP contribution in [-0.2, 0) is 21.3 Å². The fourth-order valence-electron chi connectivity index (χ4n) is 4.54. The summed E-state index contributed by atoms with van der Waals surface area (Å²) in [6.07, 6.45) is 8.23. The van der Waals surface area contributed by atoms with Gasteiger partial charge in [-0.25, -0.2) is 0 Å². The van der Waals surface area contributed by atoms with Gasteiger partial charge in [-0.2, -0.15) is 0 Å². The summed E-state index contributed by atoms with van der Waals surface area (Å²) in [6.45, 7) is 13.8. The summed E-state index contributed by atoms with van der Waals surface area (Å²) in [7, 11) is 0. The summed E-state index contributed by atoms with van der Waals surface area (Å²) in [4.78, 5) is 0. The van der Waals surface area contributed by atoms with E-state index in [0.717, 1.165) is 0 Å². The molecule has 0 amide bonds. The van der Waals surface area contributed by atoms with E-state index in [4.69, 9.17) is 0 Å². The Bertz CT molecular complexity index is 964. The van der Waals surface area contributed by atoms with Gasteiger partial charge >= 0.3 is 166 Å². The number of rotatable bonds is 2. The second kappa shape index (κ2) is 8.95. The Morgan fingerprint density at radius 1 is 0.786 bits per heavy atom. The molecule has 0 radical (unpaired) electrons. The first-order valence-corrected chi connectivity index (χ1v) is 13.5. The number of halogens is 2. The SMILES string of the molecule is C[C](C)=[Zr+2]([C]1=CC=CC1)[CH]1c2cc(C)c(C)cc2-c2cc(C)c(C)cc21.[Cl-].[Cl-]. The minimum absolute atomic E-state index is 0. The van der Waals surface area contributed by atoms with Crippen LogP contribution in [0.3, 0.4) is 0 Å². The van der Waals surface area contributed by atoms with Gasteiger partial charge in [-0.15, -0.1) is 0 Å². The molecular weight excluding hydrogens is 462 g/mol. The van der Waals surface area contributed by atoms with Crippen molar-refractivity contribution in [3.63, 3.8) is 0 Å². The van der Waals surface area contributed by atoms with E-state index < -0.39 is 21.3 Å². The predicted octanol–water partition coefficient (Wildman–Crippen LogP) is 0.672. The molecule has 0 saturated carbocycles. The van der Waals surface area contributed by atoms with Crippen LogP contribution in [0.15, 0.2) is 45.8 Å². The standard InChI is InChI=1S/C17H17.C5H5.C3H6.2ClH.Zr/c1-10-5-14-9-15-6-11(2)13(4)8-17(15)16(14)7-12(10)3;1-2-4-5-3-1;1-3-2;;;/h5-9H,1-4H3;1-3H,4H2;1-2H3;2*1H;/q;;;;;+2/p-2. The van der Waals surface area contributed by atoms with Crippen molar-refractivity contribution in [3.8, 4) is 11.1 Å². The maximum atomic E-state index is 2.51. The van der Waals surface area contributed by atoms with Crippen LogP contribution in [-0.4, -0.2) is 3.21 Å². The Morgan fingerprint density at radius 2 is 1.25 bits per heavy atom. The second-order valence-corrected chi connectivity index (χ2v) is 15.7. The van der Waals surface area contributed by atoms with E-state index in [2.05, 4.69) is 84.0 Å². The molecule has 2 aromatic carbocycles. The molecule has 3 heteroatoms. The average molecular weight is 491 g/mol. The first-order valence-electron chi connectivity index (χ1n) is 9.64. The molecule has 0 unspecified atom stereocenters. The Kier molecular flexibility index (Phi) is 7.52. The maximum absolute atomic E-state index is 2.51. The molecule has 2 aromatic rings. The van der Waals surface area contributed by atoms with Gasteiger partial charge in [-0.1, -0.05) is 0 Å². The van der Waals surface area contributed by atoms with E-state index in [1.807, 2.05) is 0 Å². The molecule has 4 rings (SSSR count). The van der Waals surface area contributed by atoms with Crippen LogP contribution in [0.25, 0.3) is 11.1 Å². The van der Waals surface area contributed by atoms with E-state index in [1.165, 1.54) is 39.8 Å². The molecular formula is C25H28Cl2Zr. The third-order valence-corrected chi connectivity index (χ3v) is 14.4. The van der Waals surface area contributed by atoms with Crippen LogP contribution < -0.4 is 24.8 Å². The molecule has 0 aromatic heterocycles. The number of hydrogen-bond donors (Lipinski definition) is 0. The van der Waals surface area contributed by atoms with Crippen molar-refractivity contribution >= 4 is 3.21 Å². The summed E-state index contributed by atoms with van der Waals surface area (Å²) in [5, 5.41) is 0. The average Bonchev–Trinajstić information content (AvgIpc) is 3.19. The molecule has 0 fully saturated rings. The number of aryl methyl sites for hydroxylation is 4. The van der Waals surface area contributed by atoms with Gasteiger partial charge < -0.3 is 24.8 Å². The Hall–Kier alpha value is -0.747. The second-order valence-electron chi connectivity index (χ2n) is 8.22. The fourth-order valence-corrected chi connectivity index (χ4v) is 12.7. The largest absolute Gasteiger partial charge is 1.00 e. The maximum Gasteiger partial charge on any atom is -1.00 e. The summed E-state index contributed by atoms with van der Waals surface area (Å²) in [5.41, 5.74) is 11.9. The monoisotopic (exact) mass is 488 g/mol. The first kappa shape index (κ1) is 23.5. The molecule has 0 nitrogen and oxygen atoms in total. The summed E-state index contributed by atoms with van der Waals surface area (Å²) in [5.74, 6) is 0. The van der Waals surface area contributed by atoms with Gasteiger partial charge in [0.25, 0.3) is 0 Å². The minimum atomic E-state index is -1.96. The van der Waals surface area contributed by atoms with Crippen LogP contribution in [0, 0.1) is 27.7 Å². The normalized spacial score (nSPS) is 13.7. The quantitative estimate of drug-likeness (QED) is 0.581. The summed E-state index contributed by atoms with van der Waals surface area (Å²) in [6, 6.07) is 9.91. The van der Waals surface area contributed by atoms with Crippen LogP contribution in [0.4, 0.5) is 0 Å². The zero-order chi connectivity index (χ0) is 18.6. The van der Waals surface area contributed by atoms with Crippen molar-refractivity contribution in [2.75, 3.05) is 0 Å². The number of allylic oxidation sites excluding steroid dienone is 4. The number of benzene rings is 2. The molecule has 0 spiro atoms. The predicted molar refractivity (Wildman–Crippen MR) is 111 cm³/mol. The van der Waals surface area contributed by atoms with Gasteiger partial charge in [0.1, 0.15) is 0 Å². The smallest absolute Gasteiger partial charge is 1.00 e. The molecule has 28 heavy (non-hydrogen) atoms. The number of fused-ring (bicyclic) bond motifs is 3. The van der Waals surface area contributed by atoms with Crippen molar-refractivity contribution in [2.24, 2.45) is 0 Å².